The highest BCUT2D eigenvalue weighted by Crippen LogP contribution is 2.27. The zero-order valence-corrected chi connectivity index (χ0v) is 11.9. The summed E-state index contributed by atoms with van der Waals surface area (Å²) in [5.41, 5.74) is 0. The molecule has 3 rings (SSSR count). The van der Waals surface area contributed by atoms with Crippen molar-refractivity contribution in [3.8, 4) is 0 Å². The Balaban J connectivity index is 1.38. The van der Waals surface area contributed by atoms with Gasteiger partial charge in [0.15, 0.2) is 0 Å². The van der Waals surface area contributed by atoms with E-state index in [1.54, 1.807) is 0 Å². The topological polar surface area (TPSA) is 15.3 Å². The van der Waals surface area contributed by atoms with Crippen LogP contribution in [-0.2, 0) is 0 Å². The van der Waals surface area contributed by atoms with Gasteiger partial charge in [-0.2, -0.15) is 0 Å². The van der Waals surface area contributed by atoms with E-state index in [9.17, 15) is 0 Å². The zero-order valence-electron chi connectivity index (χ0n) is 11.9. The molecule has 2 nitrogen and oxygen atoms in total. The van der Waals surface area contributed by atoms with Gasteiger partial charge >= 0.3 is 0 Å². The van der Waals surface area contributed by atoms with Crippen molar-refractivity contribution in [2.24, 2.45) is 5.92 Å². The standard InChI is InChI=1S/C16H30N2/c1-2-4-6-16(5-3-1)18-11-9-14(10-12-18)13-17-15-7-8-15/h14-17H,1-13H2. The summed E-state index contributed by atoms with van der Waals surface area (Å²) in [5.74, 6) is 0.965. The third-order valence-corrected chi connectivity index (χ3v) is 5.26. The Labute approximate surface area is 113 Å². The molecule has 1 heterocycles. The fourth-order valence-corrected chi connectivity index (χ4v) is 3.77. The summed E-state index contributed by atoms with van der Waals surface area (Å²) in [4.78, 5) is 2.82. The van der Waals surface area contributed by atoms with Gasteiger partial charge in [-0.15, -0.1) is 0 Å². The Morgan fingerprint density at radius 2 is 1.44 bits per heavy atom. The van der Waals surface area contributed by atoms with E-state index in [0.717, 1.165) is 18.0 Å². The maximum absolute atomic E-state index is 3.71. The lowest BCUT2D eigenvalue weighted by Gasteiger charge is -2.37. The summed E-state index contributed by atoms with van der Waals surface area (Å²) in [6.45, 7) is 4.05. The van der Waals surface area contributed by atoms with Gasteiger partial charge in [-0.1, -0.05) is 25.7 Å². The summed E-state index contributed by atoms with van der Waals surface area (Å²) in [6, 6.07) is 1.83. The Bertz CT molecular complexity index is 233. The van der Waals surface area contributed by atoms with Crippen molar-refractivity contribution in [1.29, 1.82) is 0 Å². The molecular formula is C16H30N2. The minimum Gasteiger partial charge on any atom is -0.314 e. The zero-order chi connectivity index (χ0) is 12.2. The van der Waals surface area contributed by atoms with Gasteiger partial charge in [0.1, 0.15) is 0 Å². The molecule has 0 aromatic carbocycles. The lowest BCUT2D eigenvalue weighted by Crippen LogP contribution is -2.43. The molecular weight excluding hydrogens is 220 g/mol. The summed E-state index contributed by atoms with van der Waals surface area (Å²) in [6.07, 6.45) is 14.6. The van der Waals surface area contributed by atoms with Crippen LogP contribution in [0.2, 0.25) is 0 Å². The van der Waals surface area contributed by atoms with E-state index in [4.69, 9.17) is 0 Å². The van der Waals surface area contributed by atoms with Crippen LogP contribution >= 0.6 is 0 Å². The second-order valence-corrected chi connectivity index (χ2v) is 6.81. The molecule has 2 aliphatic carbocycles. The van der Waals surface area contributed by atoms with Crippen molar-refractivity contribution in [2.75, 3.05) is 19.6 Å². The SMILES string of the molecule is C1CCCC(N2CCC(CNC3CC3)CC2)CC1. The molecule has 0 aromatic heterocycles. The number of hydrogen-bond donors (Lipinski definition) is 1. The van der Waals surface area contributed by atoms with E-state index < -0.39 is 0 Å². The van der Waals surface area contributed by atoms with Gasteiger partial charge in [0.2, 0.25) is 0 Å². The Hall–Kier alpha value is -0.0800. The lowest BCUT2D eigenvalue weighted by atomic mass is 9.94. The molecule has 18 heavy (non-hydrogen) atoms. The second kappa shape index (κ2) is 6.38. The molecule has 0 radical (unpaired) electrons. The largest absolute Gasteiger partial charge is 0.314 e. The average Bonchev–Trinajstić information content (AvgIpc) is 3.24. The van der Waals surface area contributed by atoms with Crippen molar-refractivity contribution in [1.82, 2.24) is 10.2 Å². The van der Waals surface area contributed by atoms with Gasteiger partial charge < -0.3 is 10.2 Å². The van der Waals surface area contributed by atoms with Crippen molar-refractivity contribution < 1.29 is 0 Å². The smallest absolute Gasteiger partial charge is 0.00952 e. The first kappa shape index (κ1) is 12.9. The fraction of sp³-hybridized carbons (Fsp3) is 1.00. The molecule has 2 saturated carbocycles. The van der Waals surface area contributed by atoms with E-state index in [1.165, 1.54) is 83.8 Å². The van der Waals surface area contributed by atoms with Gasteiger partial charge in [-0.3, -0.25) is 0 Å². The Morgan fingerprint density at radius 3 is 2.06 bits per heavy atom. The van der Waals surface area contributed by atoms with Crippen LogP contribution in [0, 0.1) is 5.92 Å². The molecule has 1 aliphatic heterocycles. The first-order valence-electron chi connectivity index (χ1n) is 8.39. The van der Waals surface area contributed by atoms with E-state index in [2.05, 4.69) is 10.2 Å². The number of piperidine rings is 1. The van der Waals surface area contributed by atoms with E-state index in [1.807, 2.05) is 0 Å². The monoisotopic (exact) mass is 250 g/mol. The highest BCUT2D eigenvalue weighted by molar-refractivity contribution is 4.84. The first-order chi connectivity index (χ1) is 8.92. The quantitative estimate of drug-likeness (QED) is 0.771. The fourth-order valence-electron chi connectivity index (χ4n) is 3.77. The summed E-state index contributed by atoms with van der Waals surface area (Å²) in [7, 11) is 0. The van der Waals surface area contributed by atoms with E-state index >= 15 is 0 Å². The van der Waals surface area contributed by atoms with Gasteiger partial charge in [0, 0.05) is 12.1 Å². The van der Waals surface area contributed by atoms with Crippen molar-refractivity contribution in [2.45, 2.75) is 76.3 Å². The maximum atomic E-state index is 3.71. The van der Waals surface area contributed by atoms with Crippen molar-refractivity contribution >= 4 is 0 Å². The summed E-state index contributed by atoms with van der Waals surface area (Å²) in [5, 5.41) is 3.71. The summed E-state index contributed by atoms with van der Waals surface area (Å²) >= 11 is 0. The van der Waals surface area contributed by atoms with E-state index in [0.29, 0.717) is 0 Å². The van der Waals surface area contributed by atoms with Gasteiger partial charge in [0.05, 0.1) is 0 Å². The highest BCUT2D eigenvalue weighted by Gasteiger charge is 2.27. The molecule has 1 N–H and O–H groups in total. The number of nitrogens with zero attached hydrogens (tertiary/aromatic N) is 1. The molecule has 0 aromatic rings. The second-order valence-electron chi connectivity index (χ2n) is 6.81. The van der Waals surface area contributed by atoms with Crippen LogP contribution in [0.4, 0.5) is 0 Å². The third-order valence-electron chi connectivity index (χ3n) is 5.26. The maximum Gasteiger partial charge on any atom is 0.00952 e. The number of nitrogens with one attached hydrogen (secondary N) is 1. The number of hydrogen-bond acceptors (Lipinski definition) is 2. The lowest BCUT2D eigenvalue weighted by molar-refractivity contribution is 0.120. The molecule has 0 amide bonds. The third kappa shape index (κ3) is 3.71. The number of likely N-dealkylation sites (tertiary alicyclic amines) is 1. The van der Waals surface area contributed by atoms with Crippen LogP contribution in [0.1, 0.15) is 64.2 Å². The molecule has 0 spiro atoms. The minimum atomic E-state index is 0.893. The summed E-state index contributed by atoms with van der Waals surface area (Å²) < 4.78 is 0. The Kier molecular flexibility index (Phi) is 4.58. The van der Waals surface area contributed by atoms with Crippen LogP contribution in [0.3, 0.4) is 0 Å². The molecule has 3 aliphatic rings. The first-order valence-corrected chi connectivity index (χ1v) is 8.39. The average molecular weight is 250 g/mol. The number of rotatable bonds is 4. The van der Waals surface area contributed by atoms with Crippen LogP contribution in [0.25, 0.3) is 0 Å². The molecule has 104 valence electrons. The predicted molar refractivity (Wildman–Crippen MR) is 76.8 cm³/mol. The van der Waals surface area contributed by atoms with Crippen LogP contribution in [-0.4, -0.2) is 36.6 Å². The minimum absolute atomic E-state index is 0.893. The predicted octanol–water partition coefficient (Wildman–Crippen LogP) is 3.17. The van der Waals surface area contributed by atoms with Gasteiger partial charge in [0.25, 0.3) is 0 Å². The molecule has 0 bridgehead atoms. The molecule has 0 atom stereocenters. The van der Waals surface area contributed by atoms with Crippen LogP contribution < -0.4 is 5.32 Å². The van der Waals surface area contributed by atoms with Crippen LogP contribution in [0.5, 0.6) is 0 Å². The molecule has 1 saturated heterocycles. The molecule has 0 unspecified atom stereocenters. The molecule has 2 heteroatoms. The normalized spacial score (nSPS) is 29.3. The van der Waals surface area contributed by atoms with Crippen LogP contribution in [0.15, 0.2) is 0 Å². The van der Waals surface area contributed by atoms with Gasteiger partial charge in [-0.05, 0) is 64.1 Å². The Morgan fingerprint density at radius 1 is 0.778 bits per heavy atom. The van der Waals surface area contributed by atoms with Crippen molar-refractivity contribution in [3.05, 3.63) is 0 Å². The molecule has 3 fully saturated rings. The van der Waals surface area contributed by atoms with Gasteiger partial charge in [-0.25, -0.2) is 0 Å². The van der Waals surface area contributed by atoms with E-state index in [-0.39, 0.29) is 0 Å². The van der Waals surface area contributed by atoms with Crippen molar-refractivity contribution in [3.63, 3.8) is 0 Å². The highest BCUT2D eigenvalue weighted by atomic mass is 15.2.